The molecule has 0 spiro atoms. The number of nitrogens with zero attached hydrogens (tertiary/aromatic N) is 1. The van der Waals surface area contributed by atoms with Crippen molar-refractivity contribution in [3.05, 3.63) is 18.5 Å². The molecule has 1 rings (SSSR count). The molecule has 0 radical (unpaired) electrons. The minimum Gasteiger partial charge on any atom is -0.286 e. The van der Waals surface area contributed by atoms with E-state index >= 15 is 0 Å². The third-order valence-corrected chi connectivity index (χ3v) is 0.406. The molecular formula is C3H8N2Sn. The fourth-order valence-corrected chi connectivity index (χ4v) is 0.215. The van der Waals surface area contributed by atoms with Crippen LogP contribution in [0.4, 0.5) is 0 Å². The molecule has 0 aliphatic heterocycles. The van der Waals surface area contributed by atoms with Crippen LogP contribution in [-0.2, 0) is 0 Å². The maximum absolute atomic E-state index is 3.60. The number of nitrogens with one attached hydrogen (secondary N) is 1. The zero-order chi connectivity index (χ0) is 3.54. The van der Waals surface area contributed by atoms with Gasteiger partial charge in [-0.05, 0) is 6.07 Å². The minimum absolute atomic E-state index is 0. The summed E-state index contributed by atoms with van der Waals surface area (Å²) < 4.78 is 0. The predicted octanol–water partition coefficient (Wildman–Crippen LogP) is -1.04. The van der Waals surface area contributed by atoms with Crippen molar-refractivity contribution in [3.63, 3.8) is 0 Å². The molecule has 0 amide bonds. The van der Waals surface area contributed by atoms with Crippen molar-refractivity contribution >= 4 is 23.9 Å². The Morgan fingerprint density at radius 2 is 2.33 bits per heavy atom. The van der Waals surface area contributed by atoms with Crippen LogP contribution < -0.4 is 0 Å². The van der Waals surface area contributed by atoms with Gasteiger partial charge in [-0.2, -0.15) is 5.10 Å². The van der Waals surface area contributed by atoms with Gasteiger partial charge in [0.25, 0.3) is 0 Å². The number of aromatic amines is 1. The van der Waals surface area contributed by atoms with Crippen LogP contribution in [-0.4, -0.2) is 34.1 Å². The van der Waals surface area contributed by atoms with E-state index in [2.05, 4.69) is 10.2 Å². The Morgan fingerprint density at radius 3 is 2.50 bits per heavy atom. The Kier molecular flexibility index (Phi) is 3.21. The van der Waals surface area contributed by atoms with Crippen molar-refractivity contribution in [2.45, 2.75) is 0 Å². The van der Waals surface area contributed by atoms with Crippen LogP contribution in [0.2, 0.25) is 0 Å². The first kappa shape index (κ1) is 6.01. The summed E-state index contributed by atoms with van der Waals surface area (Å²) in [5.41, 5.74) is 0. The first-order valence-electron chi connectivity index (χ1n) is 1.44. The molecule has 0 aliphatic rings. The molecule has 0 fully saturated rings. The molecule has 34 valence electrons. The number of H-pyrrole nitrogens is 1. The van der Waals surface area contributed by atoms with Crippen molar-refractivity contribution in [2.75, 3.05) is 0 Å². The molecule has 0 unspecified atom stereocenters. The molecule has 1 aromatic heterocycles. The van der Waals surface area contributed by atoms with Crippen molar-refractivity contribution in [1.29, 1.82) is 0 Å². The van der Waals surface area contributed by atoms with Gasteiger partial charge in [0.05, 0.1) is 0 Å². The molecule has 1 aromatic rings. The monoisotopic (exact) mass is 192 g/mol. The summed E-state index contributed by atoms with van der Waals surface area (Å²) in [7, 11) is 0. The molecule has 6 heavy (non-hydrogen) atoms. The van der Waals surface area contributed by atoms with Crippen LogP contribution in [0.3, 0.4) is 0 Å². The van der Waals surface area contributed by atoms with Gasteiger partial charge in [-0.1, -0.05) is 0 Å². The predicted molar refractivity (Wildman–Crippen MR) is 29.9 cm³/mol. The second-order valence-corrected chi connectivity index (χ2v) is 0.766. The summed E-state index contributed by atoms with van der Waals surface area (Å²) in [6, 6.07) is 1.83. The van der Waals surface area contributed by atoms with Gasteiger partial charge in [-0.25, -0.2) is 0 Å². The second kappa shape index (κ2) is 3.21. The Balaban J connectivity index is 0.000000250. The van der Waals surface area contributed by atoms with Crippen LogP contribution in [0.1, 0.15) is 0 Å². The molecule has 2 nitrogen and oxygen atoms in total. The molecule has 0 aliphatic carbocycles. The smallest absolute Gasteiger partial charge is 0.0487 e. The van der Waals surface area contributed by atoms with Crippen LogP contribution >= 0.6 is 0 Å². The SMILES string of the molecule is [SnH4].c1cn[nH]c1. The summed E-state index contributed by atoms with van der Waals surface area (Å²) in [6.07, 6.45) is 3.46. The fourth-order valence-electron chi connectivity index (χ4n) is 0.215. The number of hydrogen-bond donors (Lipinski definition) is 1. The number of hydrogen-bond acceptors (Lipinski definition) is 1. The largest absolute Gasteiger partial charge is 0.286 e. The van der Waals surface area contributed by atoms with E-state index in [9.17, 15) is 0 Å². The van der Waals surface area contributed by atoms with Gasteiger partial charge < -0.3 is 0 Å². The number of rotatable bonds is 0. The van der Waals surface area contributed by atoms with Crippen molar-refractivity contribution in [1.82, 2.24) is 10.2 Å². The molecule has 1 heterocycles. The van der Waals surface area contributed by atoms with Crippen molar-refractivity contribution < 1.29 is 0 Å². The van der Waals surface area contributed by atoms with Gasteiger partial charge in [-0.3, -0.25) is 5.10 Å². The molecular weight excluding hydrogens is 183 g/mol. The van der Waals surface area contributed by atoms with E-state index in [1.165, 1.54) is 0 Å². The maximum Gasteiger partial charge on any atom is 0.0487 e. The van der Waals surface area contributed by atoms with E-state index in [1.807, 2.05) is 6.07 Å². The molecule has 0 atom stereocenters. The summed E-state index contributed by atoms with van der Waals surface area (Å²) in [5, 5.41) is 6.21. The Bertz CT molecular complexity index is 65.3. The van der Waals surface area contributed by atoms with Gasteiger partial charge in [0.15, 0.2) is 0 Å². The first-order chi connectivity index (χ1) is 2.50. The molecule has 0 bridgehead atoms. The van der Waals surface area contributed by atoms with E-state index in [-0.39, 0.29) is 23.9 Å². The summed E-state index contributed by atoms with van der Waals surface area (Å²) in [5.74, 6) is 0. The zero-order valence-corrected chi connectivity index (χ0v) is 2.68. The fraction of sp³-hybridized carbons (Fsp3) is 0. The van der Waals surface area contributed by atoms with Crippen LogP contribution in [0.25, 0.3) is 0 Å². The van der Waals surface area contributed by atoms with E-state index < -0.39 is 0 Å². The standard InChI is InChI=1S/C3H4N2.Sn.4H/c1-2-4-5-3-1;;;;;/h1-3H,(H,4,5);;;;;. The Labute approximate surface area is 52.9 Å². The summed E-state index contributed by atoms with van der Waals surface area (Å²) >= 11 is 0. The molecule has 3 heteroatoms. The van der Waals surface area contributed by atoms with Crippen LogP contribution in [0.5, 0.6) is 0 Å². The van der Waals surface area contributed by atoms with E-state index in [0.717, 1.165) is 0 Å². The zero-order valence-electron chi connectivity index (χ0n) is 2.68. The Hall–Kier alpha value is 0.00870. The van der Waals surface area contributed by atoms with Gasteiger partial charge in [0, 0.05) is 12.4 Å². The van der Waals surface area contributed by atoms with E-state index in [0.29, 0.717) is 0 Å². The summed E-state index contributed by atoms with van der Waals surface area (Å²) in [6.45, 7) is 0. The normalized spacial score (nSPS) is 6.67. The van der Waals surface area contributed by atoms with E-state index in [4.69, 9.17) is 0 Å². The van der Waals surface area contributed by atoms with Crippen LogP contribution in [0, 0.1) is 0 Å². The first-order valence-corrected chi connectivity index (χ1v) is 1.44. The topological polar surface area (TPSA) is 28.7 Å². The Morgan fingerprint density at radius 1 is 1.50 bits per heavy atom. The molecule has 1 N–H and O–H groups in total. The average Bonchev–Trinajstić information content (AvgIpc) is 1.76. The summed E-state index contributed by atoms with van der Waals surface area (Å²) in [4.78, 5) is 0. The molecule has 0 saturated heterocycles. The maximum atomic E-state index is 3.60. The van der Waals surface area contributed by atoms with Crippen molar-refractivity contribution in [3.8, 4) is 0 Å². The van der Waals surface area contributed by atoms with E-state index in [1.54, 1.807) is 12.4 Å². The second-order valence-electron chi connectivity index (χ2n) is 0.766. The van der Waals surface area contributed by atoms with Gasteiger partial charge in [0.2, 0.25) is 0 Å². The quantitative estimate of drug-likeness (QED) is 0.521. The molecule has 0 saturated carbocycles. The molecule has 0 aromatic carbocycles. The van der Waals surface area contributed by atoms with Gasteiger partial charge in [-0.15, -0.1) is 0 Å². The average molecular weight is 191 g/mol. The number of aromatic nitrogens is 2. The van der Waals surface area contributed by atoms with Gasteiger partial charge >= 0.3 is 23.9 Å². The van der Waals surface area contributed by atoms with Crippen molar-refractivity contribution in [2.24, 2.45) is 0 Å². The van der Waals surface area contributed by atoms with Gasteiger partial charge in [0.1, 0.15) is 0 Å². The van der Waals surface area contributed by atoms with Crippen LogP contribution in [0.15, 0.2) is 18.5 Å². The third-order valence-electron chi connectivity index (χ3n) is 0.406. The third kappa shape index (κ3) is 1.45. The minimum atomic E-state index is 0.